The Bertz CT molecular complexity index is 400. The van der Waals surface area contributed by atoms with E-state index in [0.717, 1.165) is 12.8 Å². The van der Waals surface area contributed by atoms with Gasteiger partial charge in [0.2, 0.25) is 0 Å². The SMILES string of the molecule is CCC1(CC)OC(=O)/C(=C(\C)OC(C)=O)C1(C)C. The molecule has 102 valence electrons. The van der Waals surface area contributed by atoms with E-state index in [1.54, 1.807) is 6.92 Å². The number of ether oxygens (including phenoxy) is 2. The Morgan fingerprint density at radius 1 is 1.22 bits per heavy atom. The fourth-order valence-electron chi connectivity index (χ4n) is 2.97. The van der Waals surface area contributed by atoms with E-state index in [1.165, 1.54) is 6.92 Å². The molecule has 0 aromatic heterocycles. The molecule has 0 spiro atoms. The van der Waals surface area contributed by atoms with Gasteiger partial charge in [0.15, 0.2) is 0 Å². The molecule has 4 nitrogen and oxygen atoms in total. The summed E-state index contributed by atoms with van der Waals surface area (Å²) in [5.41, 5.74) is -0.505. The van der Waals surface area contributed by atoms with E-state index < -0.39 is 17.0 Å². The first-order valence-electron chi connectivity index (χ1n) is 6.35. The van der Waals surface area contributed by atoms with E-state index >= 15 is 0 Å². The van der Waals surface area contributed by atoms with Crippen LogP contribution in [-0.4, -0.2) is 17.5 Å². The van der Waals surface area contributed by atoms with Crippen LogP contribution in [0.2, 0.25) is 0 Å². The minimum Gasteiger partial charge on any atom is -0.455 e. The molecule has 0 N–H and O–H groups in total. The molecule has 1 heterocycles. The molecular formula is C14H22O4. The molecule has 0 aromatic rings. The Balaban J connectivity index is 3.31. The zero-order valence-corrected chi connectivity index (χ0v) is 12.0. The normalized spacial score (nSPS) is 23.6. The molecule has 0 aliphatic carbocycles. The first kappa shape index (κ1) is 14.7. The maximum absolute atomic E-state index is 12.1. The summed E-state index contributed by atoms with van der Waals surface area (Å²) in [6.07, 6.45) is 1.47. The Labute approximate surface area is 108 Å². The minimum absolute atomic E-state index is 0.348. The van der Waals surface area contributed by atoms with Crippen molar-refractivity contribution in [2.24, 2.45) is 5.41 Å². The molecule has 4 heteroatoms. The smallest absolute Gasteiger partial charge is 0.338 e. The zero-order chi connectivity index (χ0) is 14.1. The number of hydrogen-bond donors (Lipinski definition) is 0. The van der Waals surface area contributed by atoms with Gasteiger partial charge in [-0.05, 0) is 19.8 Å². The topological polar surface area (TPSA) is 52.6 Å². The van der Waals surface area contributed by atoms with Crippen LogP contribution >= 0.6 is 0 Å². The maximum atomic E-state index is 12.1. The van der Waals surface area contributed by atoms with Gasteiger partial charge in [0, 0.05) is 12.3 Å². The van der Waals surface area contributed by atoms with Crippen LogP contribution in [0.25, 0.3) is 0 Å². The first-order valence-corrected chi connectivity index (χ1v) is 6.35. The summed E-state index contributed by atoms with van der Waals surface area (Å²) < 4.78 is 10.7. The second-order valence-electron chi connectivity index (χ2n) is 5.24. The maximum Gasteiger partial charge on any atom is 0.338 e. The van der Waals surface area contributed by atoms with E-state index in [4.69, 9.17) is 9.47 Å². The lowest BCUT2D eigenvalue weighted by atomic mass is 9.69. The number of cyclic esters (lactones) is 1. The first-order chi connectivity index (χ1) is 8.21. The number of carbonyl (C=O) groups excluding carboxylic acids is 2. The third-order valence-electron chi connectivity index (χ3n) is 4.05. The van der Waals surface area contributed by atoms with Crippen LogP contribution in [-0.2, 0) is 19.1 Å². The quantitative estimate of drug-likeness (QED) is 0.441. The van der Waals surface area contributed by atoms with E-state index in [1.807, 2.05) is 27.7 Å². The molecule has 0 bridgehead atoms. The third-order valence-corrected chi connectivity index (χ3v) is 4.05. The molecule has 0 saturated carbocycles. The molecule has 1 saturated heterocycles. The molecule has 0 aromatic carbocycles. The lowest BCUT2D eigenvalue weighted by molar-refractivity contribution is -0.151. The van der Waals surface area contributed by atoms with Gasteiger partial charge in [-0.1, -0.05) is 27.7 Å². The van der Waals surface area contributed by atoms with Gasteiger partial charge in [0.1, 0.15) is 11.4 Å². The third kappa shape index (κ3) is 2.04. The minimum atomic E-state index is -0.513. The summed E-state index contributed by atoms with van der Waals surface area (Å²) in [5, 5.41) is 0. The molecule has 0 amide bonds. The van der Waals surface area contributed by atoms with Gasteiger partial charge in [-0.3, -0.25) is 4.79 Å². The molecule has 18 heavy (non-hydrogen) atoms. The van der Waals surface area contributed by atoms with Gasteiger partial charge in [-0.25, -0.2) is 4.79 Å². The molecule has 1 aliphatic rings. The highest BCUT2D eigenvalue weighted by atomic mass is 16.6. The van der Waals surface area contributed by atoms with Crippen molar-refractivity contribution in [3.05, 3.63) is 11.3 Å². The molecular weight excluding hydrogens is 232 g/mol. The highest BCUT2D eigenvalue weighted by molar-refractivity contribution is 5.94. The van der Waals surface area contributed by atoms with E-state index in [9.17, 15) is 9.59 Å². The molecule has 1 aliphatic heterocycles. The van der Waals surface area contributed by atoms with Gasteiger partial charge in [0.25, 0.3) is 0 Å². The predicted molar refractivity (Wildman–Crippen MR) is 67.7 cm³/mol. The molecule has 1 fully saturated rings. The van der Waals surface area contributed by atoms with Crippen LogP contribution in [0.4, 0.5) is 0 Å². The lowest BCUT2D eigenvalue weighted by Crippen LogP contribution is -2.41. The van der Waals surface area contributed by atoms with Crippen molar-refractivity contribution in [1.82, 2.24) is 0 Å². The van der Waals surface area contributed by atoms with E-state index in [2.05, 4.69) is 0 Å². The average Bonchev–Trinajstić information content (AvgIpc) is 2.44. The molecule has 0 radical (unpaired) electrons. The molecule has 1 rings (SSSR count). The number of carbonyl (C=O) groups is 2. The predicted octanol–water partition coefficient (Wildman–Crippen LogP) is 2.97. The van der Waals surface area contributed by atoms with Crippen molar-refractivity contribution in [2.45, 2.75) is 60.0 Å². The van der Waals surface area contributed by atoms with Crippen molar-refractivity contribution in [2.75, 3.05) is 0 Å². The standard InChI is InChI=1S/C14H22O4/c1-7-14(8-2)13(5,6)11(12(16)18-14)9(3)17-10(4)15/h7-8H2,1-6H3/b11-9-. The average molecular weight is 254 g/mol. The Morgan fingerprint density at radius 3 is 2.06 bits per heavy atom. The summed E-state index contributed by atoms with van der Waals surface area (Å²) >= 11 is 0. The summed E-state index contributed by atoms with van der Waals surface area (Å²) in [4.78, 5) is 23.1. The van der Waals surface area contributed by atoms with Crippen molar-refractivity contribution in [1.29, 1.82) is 0 Å². The Kier molecular flexibility index (Phi) is 3.89. The summed E-state index contributed by atoms with van der Waals surface area (Å²) in [5.74, 6) is -0.446. The second kappa shape index (κ2) is 4.75. The van der Waals surface area contributed by atoms with Crippen molar-refractivity contribution in [3.63, 3.8) is 0 Å². The summed E-state index contributed by atoms with van der Waals surface area (Å²) in [7, 11) is 0. The van der Waals surface area contributed by atoms with Crippen LogP contribution < -0.4 is 0 Å². The van der Waals surface area contributed by atoms with Crippen LogP contribution in [0.5, 0.6) is 0 Å². The number of allylic oxidation sites excluding steroid dienone is 1. The summed E-state index contributed by atoms with van der Waals surface area (Å²) in [6.45, 7) is 10.9. The number of rotatable bonds is 3. The van der Waals surface area contributed by atoms with Gasteiger partial charge in [-0.15, -0.1) is 0 Å². The fraction of sp³-hybridized carbons (Fsp3) is 0.714. The van der Waals surface area contributed by atoms with Crippen LogP contribution in [0.3, 0.4) is 0 Å². The zero-order valence-electron chi connectivity index (χ0n) is 12.0. The lowest BCUT2D eigenvalue weighted by Gasteiger charge is -2.37. The van der Waals surface area contributed by atoms with Gasteiger partial charge in [0.05, 0.1) is 5.57 Å². The highest BCUT2D eigenvalue weighted by Gasteiger charge is 2.57. The van der Waals surface area contributed by atoms with Crippen molar-refractivity contribution < 1.29 is 19.1 Å². The molecule has 0 unspecified atom stereocenters. The number of esters is 2. The monoisotopic (exact) mass is 254 g/mol. The Morgan fingerprint density at radius 2 is 1.72 bits per heavy atom. The fourth-order valence-corrected chi connectivity index (χ4v) is 2.97. The van der Waals surface area contributed by atoms with Crippen LogP contribution in [0.1, 0.15) is 54.4 Å². The number of hydrogen-bond acceptors (Lipinski definition) is 4. The largest absolute Gasteiger partial charge is 0.455 e. The second-order valence-corrected chi connectivity index (χ2v) is 5.24. The van der Waals surface area contributed by atoms with E-state index in [-0.39, 0.29) is 5.97 Å². The van der Waals surface area contributed by atoms with Gasteiger partial charge in [-0.2, -0.15) is 0 Å². The highest BCUT2D eigenvalue weighted by Crippen LogP contribution is 2.52. The van der Waals surface area contributed by atoms with Gasteiger partial charge >= 0.3 is 11.9 Å². The van der Waals surface area contributed by atoms with Crippen molar-refractivity contribution >= 4 is 11.9 Å². The van der Waals surface area contributed by atoms with Gasteiger partial charge < -0.3 is 9.47 Å². The van der Waals surface area contributed by atoms with E-state index in [0.29, 0.717) is 11.3 Å². The molecule has 0 atom stereocenters. The van der Waals surface area contributed by atoms with Crippen LogP contribution in [0.15, 0.2) is 11.3 Å². The Hall–Kier alpha value is -1.32. The van der Waals surface area contributed by atoms with Crippen LogP contribution in [0, 0.1) is 5.41 Å². The van der Waals surface area contributed by atoms with Crippen molar-refractivity contribution in [3.8, 4) is 0 Å². The summed E-state index contributed by atoms with van der Waals surface area (Å²) in [6, 6.07) is 0.